The lowest BCUT2D eigenvalue weighted by Crippen LogP contribution is -2.17. The molecule has 0 atom stereocenters. The fraction of sp³-hybridized carbons (Fsp3) is 0. The number of ketones is 2. The average Bonchev–Trinajstić information content (AvgIpc) is 2.81. The molecule has 0 unspecified atom stereocenters. The van der Waals surface area contributed by atoms with Crippen LogP contribution >= 0.6 is 0 Å². The van der Waals surface area contributed by atoms with Gasteiger partial charge in [0.15, 0.2) is 0 Å². The molecule has 0 saturated carbocycles. The normalized spacial score (nSPS) is 15.5. The standard InChI is InChI=1S/C18H8O2/c19-14-8-13-11-3-1-2-9-4-5-10-6-7-12(18(14)20)17(13)16(10)15(9)11/h1-8H. The van der Waals surface area contributed by atoms with E-state index in [0.717, 1.165) is 38.2 Å². The van der Waals surface area contributed by atoms with Crippen molar-refractivity contribution in [3.63, 3.8) is 0 Å². The molecule has 0 aliphatic heterocycles. The fourth-order valence-electron chi connectivity index (χ4n) is 3.50. The lowest BCUT2D eigenvalue weighted by atomic mass is 9.88. The summed E-state index contributed by atoms with van der Waals surface area (Å²) in [6, 6.07) is 14.0. The lowest BCUT2D eigenvalue weighted by molar-refractivity contribution is -0.110. The van der Waals surface area contributed by atoms with Crippen LogP contribution in [-0.2, 0) is 4.79 Å². The van der Waals surface area contributed by atoms with Gasteiger partial charge in [-0.15, -0.1) is 0 Å². The summed E-state index contributed by atoms with van der Waals surface area (Å²) >= 11 is 0. The molecule has 0 amide bonds. The summed E-state index contributed by atoms with van der Waals surface area (Å²) in [7, 11) is 0. The minimum atomic E-state index is -0.420. The van der Waals surface area contributed by atoms with Gasteiger partial charge in [0.1, 0.15) is 0 Å². The number of hydrogen-bond acceptors (Lipinski definition) is 2. The van der Waals surface area contributed by atoms with E-state index in [1.165, 1.54) is 6.08 Å². The summed E-state index contributed by atoms with van der Waals surface area (Å²) in [6.45, 7) is 0. The van der Waals surface area contributed by atoms with Crippen LogP contribution < -0.4 is 0 Å². The van der Waals surface area contributed by atoms with Crippen LogP contribution in [0.5, 0.6) is 0 Å². The summed E-state index contributed by atoms with van der Waals surface area (Å²) < 4.78 is 0. The topological polar surface area (TPSA) is 34.1 Å². The van der Waals surface area contributed by atoms with Crippen LogP contribution in [0.3, 0.4) is 0 Å². The Bertz CT molecular complexity index is 1020. The molecule has 2 nitrogen and oxygen atoms in total. The summed E-state index contributed by atoms with van der Waals surface area (Å²) in [5, 5.41) is 4.55. The molecule has 2 aliphatic carbocycles. The zero-order chi connectivity index (χ0) is 13.4. The van der Waals surface area contributed by atoms with E-state index in [4.69, 9.17) is 0 Å². The second-order valence-electron chi connectivity index (χ2n) is 5.31. The number of carbonyl (C=O) groups excluding carboxylic acids is 2. The SMILES string of the molecule is O=C1C=C2c3cccc4ccc5ccc(c2c5c34)C1=O. The molecule has 3 aromatic rings. The Kier molecular flexibility index (Phi) is 1.54. The minimum absolute atomic E-state index is 0.393. The number of allylic oxidation sites excluding steroid dienone is 1. The third kappa shape index (κ3) is 0.946. The molecule has 0 heterocycles. The third-order valence-corrected chi connectivity index (χ3v) is 4.33. The largest absolute Gasteiger partial charge is 0.286 e. The van der Waals surface area contributed by atoms with Crippen LogP contribution in [0.25, 0.3) is 27.1 Å². The van der Waals surface area contributed by atoms with Crippen molar-refractivity contribution in [2.24, 2.45) is 0 Å². The maximum Gasteiger partial charge on any atom is 0.233 e. The van der Waals surface area contributed by atoms with Gasteiger partial charge in [0.05, 0.1) is 0 Å². The van der Waals surface area contributed by atoms with Gasteiger partial charge < -0.3 is 0 Å². The lowest BCUT2D eigenvalue weighted by Gasteiger charge is -2.13. The van der Waals surface area contributed by atoms with Gasteiger partial charge in [-0.2, -0.15) is 0 Å². The van der Waals surface area contributed by atoms with Crippen molar-refractivity contribution in [2.75, 3.05) is 0 Å². The molecule has 92 valence electrons. The second-order valence-corrected chi connectivity index (χ2v) is 5.31. The molecule has 0 bridgehead atoms. The number of Topliss-reactive ketones (excluding diaryl/α,β-unsaturated/α-hetero) is 1. The highest BCUT2D eigenvalue weighted by Gasteiger charge is 2.32. The Morgan fingerprint density at radius 2 is 1.45 bits per heavy atom. The Balaban J connectivity index is 2.17. The first-order valence-electron chi connectivity index (χ1n) is 6.55. The molecular formula is C18H8O2. The van der Waals surface area contributed by atoms with Gasteiger partial charge >= 0.3 is 0 Å². The van der Waals surface area contributed by atoms with Crippen molar-refractivity contribution in [1.82, 2.24) is 0 Å². The predicted octanol–water partition coefficient (Wildman–Crippen LogP) is 3.50. The highest BCUT2D eigenvalue weighted by molar-refractivity contribution is 6.52. The molecule has 2 heteroatoms. The number of benzene rings is 3. The molecule has 0 aromatic heterocycles. The molecule has 0 fully saturated rings. The zero-order valence-electron chi connectivity index (χ0n) is 10.4. The monoisotopic (exact) mass is 256 g/mol. The fourth-order valence-corrected chi connectivity index (χ4v) is 3.50. The molecule has 0 spiro atoms. The maximum atomic E-state index is 12.1. The zero-order valence-corrected chi connectivity index (χ0v) is 10.4. The van der Waals surface area contributed by atoms with E-state index >= 15 is 0 Å². The van der Waals surface area contributed by atoms with E-state index in [1.807, 2.05) is 18.2 Å². The first-order chi connectivity index (χ1) is 9.75. The molecule has 5 rings (SSSR count). The second kappa shape index (κ2) is 3.05. The molecular weight excluding hydrogens is 248 g/mol. The minimum Gasteiger partial charge on any atom is -0.286 e. The maximum absolute atomic E-state index is 12.1. The molecule has 0 saturated heterocycles. The highest BCUT2D eigenvalue weighted by atomic mass is 16.2. The Labute approximate surface area is 114 Å². The van der Waals surface area contributed by atoms with E-state index in [-0.39, 0.29) is 0 Å². The Morgan fingerprint density at radius 3 is 2.30 bits per heavy atom. The van der Waals surface area contributed by atoms with Gasteiger partial charge in [-0.25, -0.2) is 0 Å². The van der Waals surface area contributed by atoms with E-state index in [9.17, 15) is 9.59 Å². The summed E-state index contributed by atoms with van der Waals surface area (Å²) in [5.41, 5.74) is 3.46. The first kappa shape index (κ1) is 10.1. The van der Waals surface area contributed by atoms with Crippen LogP contribution in [0.2, 0.25) is 0 Å². The van der Waals surface area contributed by atoms with Crippen molar-refractivity contribution in [3.05, 3.63) is 65.2 Å². The van der Waals surface area contributed by atoms with Crippen LogP contribution in [0.4, 0.5) is 0 Å². The van der Waals surface area contributed by atoms with E-state index in [0.29, 0.717) is 5.56 Å². The van der Waals surface area contributed by atoms with Gasteiger partial charge in [-0.05, 0) is 44.8 Å². The number of carbonyl (C=O) groups is 2. The highest BCUT2D eigenvalue weighted by Crippen LogP contribution is 2.47. The van der Waals surface area contributed by atoms with Crippen molar-refractivity contribution >= 4 is 38.7 Å². The van der Waals surface area contributed by atoms with Crippen molar-refractivity contribution in [2.45, 2.75) is 0 Å². The Hall–Kier alpha value is -2.74. The Morgan fingerprint density at radius 1 is 0.700 bits per heavy atom. The first-order valence-corrected chi connectivity index (χ1v) is 6.55. The average molecular weight is 256 g/mol. The molecule has 0 radical (unpaired) electrons. The van der Waals surface area contributed by atoms with Gasteiger partial charge in [0.2, 0.25) is 11.6 Å². The molecule has 20 heavy (non-hydrogen) atoms. The molecule has 0 N–H and O–H groups in total. The molecule has 2 aliphatic rings. The van der Waals surface area contributed by atoms with E-state index < -0.39 is 11.6 Å². The van der Waals surface area contributed by atoms with Crippen molar-refractivity contribution < 1.29 is 9.59 Å². The summed E-state index contributed by atoms with van der Waals surface area (Å²) in [4.78, 5) is 24.0. The van der Waals surface area contributed by atoms with Gasteiger partial charge in [-0.1, -0.05) is 36.4 Å². The number of hydrogen-bond donors (Lipinski definition) is 0. The quantitative estimate of drug-likeness (QED) is 0.356. The van der Waals surface area contributed by atoms with Crippen LogP contribution in [0.15, 0.2) is 48.5 Å². The summed E-state index contributed by atoms with van der Waals surface area (Å²) in [5.74, 6) is -0.813. The van der Waals surface area contributed by atoms with Gasteiger partial charge in [-0.3, -0.25) is 9.59 Å². The summed E-state index contributed by atoms with van der Waals surface area (Å²) in [6.07, 6.45) is 1.50. The predicted molar refractivity (Wildman–Crippen MR) is 77.9 cm³/mol. The number of rotatable bonds is 0. The van der Waals surface area contributed by atoms with E-state index in [1.54, 1.807) is 6.07 Å². The smallest absolute Gasteiger partial charge is 0.233 e. The molecule has 3 aromatic carbocycles. The van der Waals surface area contributed by atoms with Gasteiger partial charge in [0.25, 0.3) is 0 Å². The van der Waals surface area contributed by atoms with Crippen LogP contribution in [0, 0.1) is 0 Å². The number of fused-ring (bicyclic) bond motifs is 1. The van der Waals surface area contributed by atoms with E-state index in [2.05, 4.69) is 18.2 Å². The van der Waals surface area contributed by atoms with Crippen LogP contribution in [0.1, 0.15) is 21.5 Å². The van der Waals surface area contributed by atoms with Crippen LogP contribution in [-0.4, -0.2) is 11.6 Å². The van der Waals surface area contributed by atoms with Gasteiger partial charge in [0, 0.05) is 11.1 Å². The third-order valence-electron chi connectivity index (χ3n) is 4.33. The van der Waals surface area contributed by atoms with Crippen molar-refractivity contribution in [1.29, 1.82) is 0 Å². The van der Waals surface area contributed by atoms with Crippen molar-refractivity contribution in [3.8, 4) is 0 Å².